The third kappa shape index (κ3) is 3.35. The Hall–Kier alpha value is -2.91. The number of aliphatic imine (C=N–C) groups is 4. The summed E-state index contributed by atoms with van der Waals surface area (Å²) >= 11 is 0. The van der Waals surface area contributed by atoms with Gasteiger partial charge in [-0.3, -0.25) is 14.6 Å². The maximum absolute atomic E-state index is 12.1. The summed E-state index contributed by atoms with van der Waals surface area (Å²) in [4.78, 5) is 49.3. The van der Waals surface area contributed by atoms with Gasteiger partial charge in [-0.2, -0.15) is 0 Å². The van der Waals surface area contributed by atoms with E-state index in [0.29, 0.717) is 5.84 Å². The lowest BCUT2D eigenvalue weighted by Crippen LogP contribution is -2.48. The molecule has 0 fully saturated rings. The van der Waals surface area contributed by atoms with Crippen molar-refractivity contribution in [2.45, 2.75) is 24.9 Å². The van der Waals surface area contributed by atoms with Crippen LogP contribution in [-0.4, -0.2) is 59.2 Å². The number of nitrogens with two attached hydrogens (primary N) is 1. The minimum atomic E-state index is -1.27. The van der Waals surface area contributed by atoms with Crippen LogP contribution in [0, 0.1) is 0 Å². The van der Waals surface area contributed by atoms with E-state index >= 15 is 0 Å². The smallest absolute Gasteiger partial charge is 0.326 e. The van der Waals surface area contributed by atoms with Crippen molar-refractivity contribution in [3.8, 4) is 0 Å². The van der Waals surface area contributed by atoms with Gasteiger partial charge in [-0.05, 0) is 6.42 Å². The van der Waals surface area contributed by atoms with Gasteiger partial charge in [-0.1, -0.05) is 0 Å². The van der Waals surface area contributed by atoms with E-state index in [9.17, 15) is 14.4 Å². The third-order valence-corrected chi connectivity index (χ3v) is 2.81. The van der Waals surface area contributed by atoms with Gasteiger partial charge in [0.15, 0.2) is 11.9 Å². The van der Waals surface area contributed by atoms with Gasteiger partial charge >= 0.3 is 5.97 Å². The number of primary amides is 1. The van der Waals surface area contributed by atoms with Crippen LogP contribution in [0.4, 0.5) is 0 Å². The molecule has 0 aliphatic carbocycles. The first-order valence-corrected chi connectivity index (χ1v) is 6.00. The Morgan fingerprint density at radius 2 is 2.10 bits per heavy atom. The summed E-state index contributed by atoms with van der Waals surface area (Å²) in [6.45, 7) is 0. The highest BCUT2D eigenvalue weighted by Crippen LogP contribution is 2.10. The molecule has 2 heterocycles. The lowest BCUT2D eigenvalue weighted by Gasteiger charge is -2.17. The maximum Gasteiger partial charge on any atom is 0.326 e. The molecule has 0 radical (unpaired) electrons. The van der Waals surface area contributed by atoms with Crippen LogP contribution in [0.1, 0.15) is 12.8 Å². The Morgan fingerprint density at radius 3 is 2.76 bits per heavy atom. The first-order valence-electron chi connectivity index (χ1n) is 6.00. The number of rotatable bonds is 6. The lowest BCUT2D eigenvalue weighted by molar-refractivity contribution is -0.141. The topological polar surface area (TPSA) is 159 Å². The van der Waals surface area contributed by atoms with Crippen molar-refractivity contribution in [2.75, 3.05) is 0 Å². The fraction of sp³-hybridized carbons (Fsp3) is 0.364. The predicted octanol–water partition coefficient (Wildman–Crippen LogP) is -1.89. The van der Waals surface area contributed by atoms with Crippen molar-refractivity contribution in [3.63, 3.8) is 0 Å². The van der Waals surface area contributed by atoms with Gasteiger partial charge in [-0.25, -0.2) is 19.8 Å². The van der Waals surface area contributed by atoms with Crippen molar-refractivity contribution in [1.29, 1.82) is 0 Å². The summed E-state index contributed by atoms with van der Waals surface area (Å²) in [5.74, 6) is -2.29. The molecule has 10 nitrogen and oxygen atoms in total. The zero-order valence-electron chi connectivity index (χ0n) is 10.8. The second kappa shape index (κ2) is 6.03. The molecule has 0 aromatic rings. The van der Waals surface area contributed by atoms with Crippen molar-refractivity contribution >= 4 is 42.0 Å². The molecule has 0 aromatic heterocycles. The Labute approximate surface area is 118 Å². The molecule has 2 aliphatic rings. The van der Waals surface area contributed by atoms with Crippen LogP contribution in [0.3, 0.4) is 0 Å². The summed E-state index contributed by atoms with van der Waals surface area (Å²) < 4.78 is 0. The van der Waals surface area contributed by atoms with E-state index in [1.165, 1.54) is 6.34 Å². The summed E-state index contributed by atoms with van der Waals surface area (Å²) in [5.41, 5.74) is 4.97. The van der Waals surface area contributed by atoms with E-state index in [-0.39, 0.29) is 18.6 Å². The molecule has 10 heteroatoms. The molecule has 2 unspecified atom stereocenters. The number of nitrogens with one attached hydrogen (secondary N) is 1. The van der Waals surface area contributed by atoms with Crippen molar-refractivity contribution in [2.24, 2.45) is 25.7 Å². The highest BCUT2D eigenvalue weighted by atomic mass is 16.4. The van der Waals surface area contributed by atoms with Gasteiger partial charge in [-0.15, -0.1) is 0 Å². The minimum Gasteiger partial charge on any atom is -0.480 e. The van der Waals surface area contributed by atoms with E-state index in [0.717, 1.165) is 6.34 Å². The van der Waals surface area contributed by atoms with Crippen LogP contribution in [0.5, 0.6) is 0 Å². The summed E-state index contributed by atoms with van der Waals surface area (Å²) in [6.07, 6.45) is 2.15. The molecule has 0 spiro atoms. The Balaban J connectivity index is 2.05. The van der Waals surface area contributed by atoms with Crippen LogP contribution in [0.2, 0.25) is 0 Å². The van der Waals surface area contributed by atoms with E-state index in [1.54, 1.807) is 0 Å². The van der Waals surface area contributed by atoms with Gasteiger partial charge in [0.25, 0.3) is 5.91 Å². The molecule has 21 heavy (non-hydrogen) atoms. The molecule has 2 aliphatic heterocycles. The van der Waals surface area contributed by atoms with Crippen molar-refractivity contribution in [3.05, 3.63) is 0 Å². The number of carbonyl (C=O) groups excluding carboxylic acids is 2. The second-order valence-corrected chi connectivity index (χ2v) is 4.28. The Bertz CT molecular complexity index is 606. The number of carboxylic acids is 1. The normalized spacial score (nSPS) is 20.3. The van der Waals surface area contributed by atoms with Gasteiger partial charge < -0.3 is 16.2 Å². The molecule has 2 atom stereocenters. The molecular weight excluding hydrogens is 280 g/mol. The highest BCUT2D eigenvalue weighted by molar-refractivity contribution is 6.48. The molecule has 0 bridgehead atoms. The molecular formula is C11H12N6O4. The average Bonchev–Trinajstić information content (AvgIpc) is 2.90. The zero-order chi connectivity index (χ0) is 15.4. The molecule has 4 N–H and O–H groups in total. The fourth-order valence-electron chi connectivity index (χ4n) is 1.77. The summed E-state index contributed by atoms with van der Waals surface area (Å²) in [7, 11) is 0. The highest BCUT2D eigenvalue weighted by Gasteiger charge is 2.33. The second-order valence-electron chi connectivity index (χ2n) is 4.28. The molecule has 0 aromatic carbocycles. The van der Waals surface area contributed by atoms with Crippen LogP contribution in [0.15, 0.2) is 20.0 Å². The number of hydrogen-bond acceptors (Lipinski definition) is 7. The predicted molar refractivity (Wildman–Crippen MR) is 73.6 cm³/mol. The van der Waals surface area contributed by atoms with Crippen molar-refractivity contribution in [1.82, 2.24) is 5.32 Å². The number of carboxylic acid groups (broad SMARTS) is 1. The number of carbonyl (C=O) groups is 3. The van der Waals surface area contributed by atoms with Gasteiger partial charge in [0, 0.05) is 6.42 Å². The van der Waals surface area contributed by atoms with E-state index in [4.69, 9.17) is 10.8 Å². The standard InChI is InChI=1S/C11H12N6O4/c12-6(18)2-1-5(11(20)21)17-10(19)8-7-9(15-3-13-7)16-4-14-8/h3-5,7H,1-2H2,(H2,12,18)(H,17,19)(H,20,21). The van der Waals surface area contributed by atoms with Gasteiger partial charge in [0.2, 0.25) is 5.91 Å². The Kier molecular flexibility index (Phi) is 4.16. The zero-order valence-corrected chi connectivity index (χ0v) is 10.8. The average molecular weight is 292 g/mol. The molecule has 2 rings (SSSR count). The lowest BCUT2D eigenvalue weighted by atomic mass is 10.1. The van der Waals surface area contributed by atoms with Crippen LogP contribution < -0.4 is 11.1 Å². The first kappa shape index (κ1) is 14.5. The number of fused-ring (bicyclic) bond motifs is 1. The fourth-order valence-corrected chi connectivity index (χ4v) is 1.77. The van der Waals surface area contributed by atoms with Crippen LogP contribution in [-0.2, 0) is 14.4 Å². The largest absolute Gasteiger partial charge is 0.480 e. The quantitative estimate of drug-likeness (QED) is 0.522. The monoisotopic (exact) mass is 292 g/mol. The van der Waals surface area contributed by atoms with Crippen molar-refractivity contribution < 1.29 is 19.5 Å². The SMILES string of the molecule is NC(=O)CCC(NC(=O)C1=NC=NC2=NC=NC21)C(=O)O. The summed E-state index contributed by atoms with van der Waals surface area (Å²) in [6, 6.07) is -1.96. The van der Waals surface area contributed by atoms with Crippen LogP contribution >= 0.6 is 0 Å². The number of aliphatic carboxylic acids is 1. The minimum absolute atomic E-state index is 0.00262. The summed E-state index contributed by atoms with van der Waals surface area (Å²) in [5, 5.41) is 11.3. The first-order chi connectivity index (χ1) is 9.99. The number of hydrogen-bond donors (Lipinski definition) is 3. The Morgan fingerprint density at radius 1 is 1.33 bits per heavy atom. The van der Waals surface area contributed by atoms with E-state index < -0.39 is 29.9 Å². The maximum atomic E-state index is 12.1. The van der Waals surface area contributed by atoms with E-state index in [1.807, 2.05) is 0 Å². The molecule has 0 saturated carbocycles. The van der Waals surface area contributed by atoms with Crippen LogP contribution in [0.25, 0.3) is 0 Å². The number of amides is 2. The molecule has 2 amide bonds. The number of amidine groups is 1. The molecule has 110 valence electrons. The van der Waals surface area contributed by atoms with E-state index in [2.05, 4.69) is 25.3 Å². The van der Waals surface area contributed by atoms with Gasteiger partial charge in [0.05, 0.1) is 0 Å². The van der Waals surface area contributed by atoms with Gasteiger partial charge in [0.1, 0.15) is 24.4 Å². The number of nitrogens with zero attached hydrogens (tertiary/aromatic N) is 4. The molecule has 0 saturated heterocycles. The third-order valence-electron chi connectivity index (χ3n) is 2.81.